The summed E-state index contributed by atoms with van der Waals surface area (Å²) >= 11 is 0. The summed E-state index contributed by atoms with van der Waals surface area (Å²) in [6, 6.07) is 0. The molecular weight excluding hydrogens is 146 g/mol. The second kappa shape index (κ2) is 7.50. The Bertz CT molecular complexity index is 104. The number of nitrogens with zero attached hydrogens (tertiary/aromatic N) is 1. The molecule has 68 valence electrons. The SMILES string of the molecule is CC(=O)OCCCN(C)C.O. The maximum Gasteiger partial charge on any atom is 0.302 e. The van der Waals surface area contributed by atoms with Gasteiger partial charge in [-0.25, -0.2) is 0 Å². The zero-order valence-electron chi connectivity index (χ0n) is 7.39. The van der Waals surface area contributed by atoms with Gasteiger partial charge in [0.15, 0.2) is 0 Å². The van der Waals surface area contributed by atoms with E-state index in [1.165, 1.54) is 6.92 Å². The number of carbonyl (C=O) groups excluding carboxylic acids is 1. The van der Waals surface area contributed by atoms with E-state index >= 15 is 0 Å². The largest absolute Gasteiger partial charge is 0.466 e. The van der Waals surface area contributed by atoms with Gasteiger partial charge >= 0.3 is 5.97 Å². The van der Waals surface area contributed by atoms with Crippen LogP contribution in [0.2, 0.25) is 0 Å². The van der Waals surface area contributed by atoms with Crippen LogP contribution in [0.5, 0.6) is 0 Å². The van der Waals surface area contributed by atoms with Crippen LogP contribution >= 0.6 is 0 Å². The van der Waals surface area contributed by atoms with E-state index in [0.717, 1.165) is 13.0 Å². The van der Waals surface area contributed by atoms with Crippen molar-refractivity contribution in [1.29, 1.82) is 0 Å². The van der Waals surface area contributed by atoms with Gasteiger partial charge in [-0.2, -0.15) is 0 Å². The molecule has 0 saturated carbocycles. The van der Waals surface area contributed by atoms with E-state index in [4.69, 9.17) is 4.74 Å². The zero-order valence-corrected chi connectivity index (χ0v) is 7.39. The summed E-state index contributed by atoms with van der Waals surface area (Å²) in [7, 11) is 3.99. The molecule has 0 aromatic carbocycles. The molecule has 0 unspecified atom stereocenters. The van der Waals surface area contributed by atoms with Gasteiger partial charge in [-0.1, -0.05) is 0 Å². The molecule has 0 aromatic rings. The quantitative estimate of drug-likeness (QED) is 0.421. The van der Waals surface area contributed by atoms with Gasteiger partial charge in [0.05, 0.1) is 6.61 Å². The molecule has 0 aliphatic carbocycles. The molecule has 2 N–H and O–H groups in total. The molecule has 11 heavy (non-hydrogen) atoms. The van der Waals surface area contributed by atoms with E-state index in [2.05, 4.69) is 4.90 Å². The molecule has 0 rings (SSSR count). The van der Waals surface area contributed by atoms with Crippen LogP contribution in [0.1, 0.15) is 13.3 Å². The highest BCUT2D eigenvalue weighted by atomic mass is 16.5. The summed E-state index contributed by atoms with van der Waals surface area (Å²) in [6.45, 7) is 2.93. The van der Waals surface area contributed by atoms with Gasteiger partial charge in [0.1, 0.15) is 0 Å². The van der Waals surface area contributed by atoms with Crippen molar-refractivity contribution in [3.8, 4) is 0 Å². The first-order valence-electron chi connectivity index (χ1n) is 3.41. The first kappa shape index (κ1) is 13.0. The van der Waals surface area contributed by atoms with Crippen LogP contribution in [0, 0.1) is 0 Å². The lowest BCUT2D eigenvalue weighted by Crippen LogP contribution is -2.15. The van der Waals surface area contributed by atoms with Gasteiger partial charge in [-0.15, -0.1) is 0 Å². The Morgan fingerprint density at radius 2 is 2.00 bits per heavy atom. The third-order valence-corrected chi connectivity index (χ3v) is 1.05. The molecule has 0 amide bonds. The van der Waals surface area contributed by atoms with Crippen molar-refractivity contribution in [2.24, 2.45) is 0 Å². The van der Waals surface area contributed by atoms with Crippen LogP contribution in [0.15, 0.2) is 0 Å². The third-order valence-electron chi connectivity index (χ3n) is 1.05. The Hall–Kier alpha value is -0.610. The van der Waals surface area contributed by atoms with Crippen LogP contribution in [0.4, 0.5) is 0 Å². The van der Waals surface area contributed by atoms with Crippen molar-refractivity contribution in [2.45, 2.75) is 13.3 Å². The number of hydrogen-bond donors (Lipinski definition) is 0. The minimum absolute atomic E-state index is 0. The number of ether oxygens (including phenoxy) is 1. The highest BCUT2D eigenvalue weighted by molar-refractivity contribution is 5.65. The fraction of sp³-hybridized carbons (Fsp3) is 0.857. The maximum absolute atomic E-state index is 10.3. The van der Waals surface area contributed by atoms with Crippen LogP contribution in [-0.4, -0.2) is 43.6 Å². The van der Waals surface area contributed by atoms with Crippen LogP contribution < -0.4 is 0 Å². The second-order valence-electron chi connectivity index (χ2n) is 2.50. The average Bonchev–Trinajstić information content (AvgIpc) is 1.79. The standard InChI is InChI=1S/C7H15NO2.H2O/c1-7(9)10-6-4-5-8(2)3;/h4-6H2,1-3H3;1H2. The molecule has 0 bridgehead atoms. The molecule has 0 atom stereocenters. The van der Waals surface area contributed by atoms with Gasteiger partial charge in [-0.3, -0.25) is 4.79 Å². The van der Waals surface area contributed by atoms with E-state index in [1.54, 1.807) is 0 Å². The maximum atomic E-state index is 10.3. The van der Waals surface area contributed by atoms with E-state index in [1.807, 2.05) is 14.1 Å². The number of rotatable bonds is 4. The van der Waals surface area contributed by atoms with Gasteiger partial charge in [0.2, 0.25) is 0 Å². The van der Waals surface area contributed by atoms with Crippen molar-refractivity contribution in [2.75, 3.05) is 27.2 Å². The molecule has 0 spiro atoms. The summed E-state index contributed by atoms with van der Waals surface area (Å²) in [5.41, 5.74) is 0. The highest BCUT2D eigenvalue weighted by Gasteiger charge is 1.92. The van der Waals surface area contributed by atoms with Gasteiger partial charge in [0.25, 0.3) is 0 Å². The van der Waals surface area contributed by atoms with Crippen LogP contribution in [0.25, 0.3) is 0 Å². The minimum Gasteiger partial charge on any atom is -0.466 e. The smallest absolute Gasteiger partial charge is 0.302 e. The van der Waals surface area contributed by atoms with Crippen LogP contribution in [0.3, 0.4) is 0 Å². The van der Waals surface area contributed by atoms with Crippen molar-refractivity contribution >= 4 is 5.97 Å². The number of carbonyl (C=O) groups is 1. The second-order valence-corrected chi connectivity index (χ2v) is 2.50. The van der Waals surface area contributed by atoms with E-state index < -0.39 is 0 Å². The van der Waals surface area contributed by atoms with Crippen LogP contribution in [-0.2, 0) is 9.53 Å². The summed E-state index contributed by atoms with van der Waals surface area (Å²) in [5, 5.41) is 0. The molecule has 0 aliphatic rings. The molecule has 0 aliphatic heterocycles. The first-order chi connectivity index (χ1) is 4.63. The minimum atomic E-state index is -0.196. The topological polar surface area (TPSA) is 61.0 Å². The Morgan fingerprint density at radius 1 is 1.45 bits per heavy atom. The van der Waals surface area contributed by atoms with Gasteiger partial charge < -0.3 is 15.1 Å². The van der Waals surface area contributed by atoms with E-state index in [0.29, 0.717) is 6.61 Å². The molecule has 0 radical (unpaired) electrons. The van der Waals surface area contributed by atoms with E-state index in [9.17, 15) is 4.79 Å². The van der Waals surface area contributed by atoms with Crippen molar-refractivity contribution < 1.29 is 15.0 Å². The summed E-state index contributed by atoms with van der Waals surface area (Å²) < 4.78 is 4.73. The molecule has 4 heteroatoms. The molecule has 4 nitrogen and oxygen atoms in total. The fourth-order valence-electron chi connectivity index (χ4n) is 0.597. The third kappa shape index (κ3) is 12.6. The van der Waals surface area contributed by atoms with Crippen molar-refractivity contribution in [3.05, 3.63) is 0 Å². The first-order valence-corrected chi connectivity index (χ1v) is 3.41. The molecule has 0 saturated heterocycles. The van der Waals surface area contributed by atoms with E-state index in [-0.39, 0.29) is 11.4 Å². The summed E-state index contributed by atoms with van der Waals surface area (Å²) in [5.74, 6) is -0.196. The predicted octanol–water partition coefficient (Wildman–Crippen LogP) is -0.323. The summed E-state index contributed by atoms with van der Waals surface area (Å²) in [4.78, 5) is 12.3. The molecule has 0 heterocycles. The Kier molecular flexibility index (Phi) is 8.87. The predicted molar refractivity (Wildman–Crippen MR) is 43.4 cm³/mol. The Labute approximate surface area is 67.4 Å². The molecule has 0 fully saturated rings. The normalized spacial score (nSPS) is 9.09. The fourth-order valence-corrected chi connectivity index (χ4v) is 0.597. The zero-order chi connectivity index (χ0) is 7.98. The number of hydrogen-bond acceptors (Lipinski definition) is 3. The highest BCUT2D eigenvalue weighted by Crippen LogP contribution is 1.85. The lowest BCUT2D eigenvalue weighted by molar-refractivity contribution is -0.141. The lowest BCUT2D eigenvalue weighted by Gasteiger charge is -2.08. The number of esters is 1. The van der Waals surface area contributed by atoms with Crippen molar-refractivity contribution in [1.82, 2.24) is 4.90 Å². The molecule has 0 aromatic heterocycles. The molecular formula is C7H17NO3. The van der Waals surface area contributed by atoms with Crippen molar-refractivity contribution in [3.63, 3.8) is 0 Å². The lowest BCUT2D eigenvalue weighted by atomic mass is 10.4. The monoisotopic (exact) mass is 163 g/mol. The summed E-state index contributed by atoms with van der Waals surface area (Å²) in [6.07, 6.45) is 0.909. The Morgan fingerprint density at radius 3 is 2.36 bits per heavy atom. The Balaban J connectivity index is 0. The average molecular weight is 163 g/mol. The van der Waals surface area contributed by atoms with Gasteiger partial charge in [0, 0.05) is 13.5 Å². The van der Waals surface area contributed by atoms with Gasteiger partial charge in [-0.05, 0) is 20.5 Å².